The first-order chi connectivity index (χ1) is 16.0. The van der Waals surface area contributed by atoms with Crippen LogP contribution in [0.1, 0.15) is 98.8 Å². The fourth-order valence-corrected chi connectivity index (χ4v) is 11.3. The summed E-state index contributed by atoms with van der Waals surface area (Å²) < 4.78 is 0. The van der Waals surface area contributed by atoms with E-state index in [2.05, 4.69) is 52.4 Å². The van der Waals surface area contributed by atoms with Gasteiger partial charge in [-0.2, -0.15) is 5.26 Å². The van der Waals surface area contributed by atoms with Crippen molar-refractivity contribution in [1.82, 2.24) is 0 Å². The lowest BCUT2D eigenvalue weighted by Crippen LogP contribution is -2.66. The van der Waals surface area contributed by atoms with E-state index in [1.165, 1.54) is 31.3 Å². The van der Waals surface area contributed by atoms with Crippen molar-refractivity contribution in [3.05, 3.63) is 12.2 Å². The van der Waals surface area contributed by atoms with Crippen molar-refractivity contribution < 1.29 is 10.3 Å². The van der Waals surface area contributed by atoms with E-state index >= 15 is 0 Å². The molecule has 4 heteroatoms. The van der Waals surface area contributed by atoms with Crippen molar-refractivity contribution in [3.8, 4) is 6.07 Å². The Morgan fingerprint density at radius 1 is 1.00 bits per heavy atom. The van der Waals surface area contributed by atoms with Crippen LogP contribution in [0.4, 0.5) is 0 Å². The molecule has 0 amide bonds. The second kappa shape index (κ2) is 7.58. The van der Waals surface area contributed by atoms with Crippen molar-refractivity contribution in [2.24, 2.45) is 61.8 Å². The minimum absolute atomic E-state index is 0.0586. The number of allylic oxidation sites excluding steroid dienone is 1. The van der Waals surface area contributed by atoms with E-state index < -0.39 is 5.41 Å². The Bertz CT molecular complexity index is 952. The summed E-state index contributed by atoms with van der Waals surface area (Å²) in [5, 5.41) is 34.4. The number of oxime groups is 1. The highest BCUT2D eigenvalue weighted by Crippen LogP contribution is 2.77. The van der Waals surface area contributed by atoms with Gasteiger partial charge in [-0.15, -0.1) is 0 Å². The van der Waals surface area contributed by atoms with Crippen molar-refractivity contribution in [2.45, 2.75) is 98.8 Å². The number of aliphatic hydroxyl groups is 1. The van der Waals surface area contributed by atoms with Gasteiger partial charge < -0.3 is 10.3 Å². The molecule has 0 aromatic carbocycles. The first kappa shape index (κ1) is 24.4. The van der Waals surface area contributed by atoms with Crippen LogP contribution in [0.2, 0.25) is 0 Å². The highest BCUT2D eigenvalue weighted by atomic mass is 16.4. The van der Waals surface area contributed by atoms with Crippen LogP contribution in [0.3, 0.4) is 0 Å². The van der Waals surface area contributed by atoms with Gasteiger partial charge in [0.25, 0.3) is 0 Å². The number of nitriles is 1. The number of aliphatic hydroxyl groups excluding tert-OH is 1. The molecule has 5 saturated carbocycles. The van der Waals surface area contributed by atoms with Gasteiger partial charge in [0, 0.05) is 5.41 Å². The molecule has 5 rings (SSSR count). The SMILES string of the molecule is C=C(C)[C@@H]1CC[C@]2(C#N)CC[C@]3(C)[C@H](CC[C@@H]4[C@@]5(C)CC/C(=N/O)[C@@](C)(CO)[C@@H]5CC[C@]43C)[C@@H]12. The minimum Gasteiger partial charge on any atom is -0.411 e. The Kier molecular flexibility index (Phi) is 5.43. The summed E-state index contributed by atoms with van der Waals surface area (Å²) in [6, 6.07) is 2.88. The first-order valence-corrected chi connectivity index (χ1v) is 13.9. The van der Waals surface area contributed by atoms with Gasteiger partial charge in [0.15, 0.2) is 0 Å². The lowest BCUT2D eigenvalue weighted by Gasteiger charge is -2.72. The highest BCUT2D eigenvalue weighted by molar-refractivity contribution is 5.91. The lowest BCUT2D eigenvalue weighted by molar-refractivity contribution is -0.226. The number of rotatable bonds is 2. The summed E-state index contributed by atoms with van der Waals surface area (Å²) in [5.41, 5.74) is 2.11. The third kappa shape index (κ3) is 2.72. The van der Waals surface area contributed by atoms with Gasteiger partial charge in [-0.05, 0) is 117 Å². The molecular formula is C30H46N2O2. The van der Waals surface area contributed by atoms with Crippen LogP contribution in [0.5, 0.6) is 0 Å². The largest absolute Gasteiger partial charge is 0.411 e. The lowest BCUT2D eigenvalue weighted by atomic mass is 9.32. The second-order valence-corrected chi connectivity index (χ2v) is 14.1. The maximum atomic E-state index is 10.5. The standard InChI is InChI=1S/C30H46N2O2/c1-19(2)20-9-14-30(17-31)16-15-28(5)21(25(20)30)7-8-23-26(3)12-11-24(32-34)27(4,18-33)22(26)10-13-29(23,28)6/h20-23,25,33-34H,1,7-16,18H2,2-6H3/b32-24-/t20-,21+,22+,23+,25+,26-,27-,28+,29+,30+/m0/s1. The predicted octanol–water partition coefficient (Wildman–Crippen LogP) is 6.97. The van der Waals surface area contributed by atoms with Crippen molar-refractivity contribution in [2.75, 3.05) is 6.61 Å². The molecule has 5 aliphatic rings. The predicted molar refractivity (Wildman–Crippen MR) is 135 cm³/mol. The van der Waals surface area contributed by atoms with Crippen molar-refractivity contribution >= 4 is 5.71 Å². The molecule has 2 N–H and O–H groups in total. The molecule has 0 aromatic heterocycles. The van der Waals surface area contributed by atoms with E-state index in [1.54, 1.807) is 0 Å². The van der Waals surface area contributed by atoms with Gasteiger partial charge in [0.05, 0.1) is 23.8 Å². The molecule has 0 aromatic rings. The molecule has 34 heavy (non-hydrogen) atoms. The molecule has 0 aliphatic heterocycles. The summed E-state index contributed by atoms with van der Waals surface area (Å²) in [4.78, 5) is 0. The van der Waals surface area contributed by atoms with Crippen LogP contribution in [0.25, 0.3) is 0 Å². The summed E-state index contributed by atoms with van der Waals surface area (Å²) in [7, 11) is 0. The molecule has 5 fully saturated rings. The number of hydrogen-bond acceptors (Lipinski definition) is 4. The molecule has 0 spiro atoms. The highest BCUT2D eigenvalue weighted by Gasteiger charge is 2.71. The molecule has 10 atom stereocenters. The molecule has 188 valence electrons. The number of nitrogens with zero attached hydrogens (tertiary/aromatic N) is 2. The maximum Gasteiger partial charge on any atom is 0.0693 e. The summed E-state index contributed by atoms with van der Waals surface area (Å²) in [6.07, 6.45) is 10.9. The number of hydrogen-bond donors (Lipinski definition) is 2. The zero-order valence-electron chi connectivity index (χ0n) is 22.2. The Morgan fingerprint density at radius 3 is 2.35 bits per heavy atom. The van der Waals surface area contributed by atoms with Gasteiger partial charge in [0.1, 0.15) is 0 Å². The van der Waals surface area contributed by atoms with Gasteiger partial charge in [-0.1, -0.05) is 45.0 Å². The van der Waals surface area contributed by atoms with Crippen LogP contribution in [-0.2, 0) is 0 Å². The van der Waals surface area contributed by atoms with Gasteiger partial charge in [0.2, 0.25) is 0 Å². The third-order valence-electron chi connectivity index (χ3n) is 13.3. The molecule has 5 aliphatic carbocycles. The molecule has 0 unspecified atom stereocenters. The van der Waals surface area contributed by atoms with Crippen LogP contribution in [0.15, 0.2) is 17.3 Å². The monoisotopic (exact) mass is 466 g/mol. The van der Waals surface area contributed by atoms with Gasteiger partial charge >= 0.3 is 0 Å². The van der Waals surface area contributed by atoms with Crippen LogP contribution in [0, 0.1) is 68.0 Å². The zero-order chi connectivity index (χ0) is 24.7. The number of fused-ring (bicyclic) bond motifs is 7. The fraction of sp³-hybridized carbons (Fsp3) is 0.867. The third-order valence-corrected chi connectivity index (χ3v) is 13.3. The van der Waals surface area contributed by atoms with Crippen LogP contribution < -0.4 is 0 Å². The van der Waals surface area contributed by atoms with E-state index in [0.29, 0.717) is 29.6 Å². The Labute approximate surface area is 206 Å². The molecule has 0 saturated heterocycles. The average molecular weight is 467 g/mol. The molecule has 0 radical (unpaired) electrons. The van der Waals surface area contributed by atoms with Gasteiger partial charge in [-0.25, -0.2) is 0 Å². The first-order valence-electron chi connectivity index (χ1n) is 13.9. The summed E-state index contributed by atoms with van der Waals surface area (Å²) in [6.45, 7) is 16.5. The second-order valence-electron chi connectivity index (χ2n) is 14.1. The average Bonchev–Trinajstić information content (AvgIpc) is 3.20. The normalized spacial score (nSPS) is 55.4. The fourth-order valence-electron chi connectivity index (χ4n) is 11.3. The van der Waals surface area contributed by atoms with E-state index in [9.17, 15) is 15.6 Å². The zero-order valence-corrected chi connectivity index (χ0v) is 22.2. The quantitative estimate of drug-likeness (QED) is 0.262. The summed E-state index contributed by atoms with van der Waals surface area (Å²) in [5.74, 6) is 2.49. The van der Waals surface area contributed by atoms with Crippen LogP contribution >= 0.6 is 0 Å². The smallest absolute Gasteiger partial charge is 0.0693 e. The van der Waals surface area contributed by atoms with Crippen molar-refractivity contribution in [3.63, 3.8) is 0 Å². The minimum atomic E-state index is -0.431. The topological polar surface area (TPSA) is 76.6 Å². The van der Waals surface area contributed by atoms with E-state index in [0.717, 1.165) is 44.2 Å². The van der Waals surface area contributed by atoms with Crippen LogP contribution in [-0.4, -0.2) is 22.6 Å². The maximum absolute atomic E-state index is 10.5. The molecule has 0 heterocycles. The Morgan fingerprint density at radius 2 is 1.74 bits per heavy atom. The Hall–Kier alpha value is -1.34. The molecular weight excluding hydrogens is 420 g/mol. The van der Waals surface area contributed by atoms with Crippen molar-refractivity contribution in [1.29, 1.82) is 5.26 Å². The van der Waals surface area contributed by atoms with E-state index in [4.69, 9.17) is 0 Å². The molecule has 0 bridgehead atoms. The van der Waals surface area contributed by atoms with Gasteiger partial charge in [-0.3, -0.25) is 0 Å². The van der Waals surface area contributed by atoms with E-state index in [-0.39, 0.29) is 28.3 Å². The summed E-state index contributed by atoms with van der Waals surface area (Å²) >= 11 is 0. The Balaban J connectivity index is 1.56. The molecule has 4 nitrogen and oxygen atoms in total. The van der Waals surface area contributed by atoms with E-state index in [1.807, 2.05) is 0 Å².